The number of carbonyl (C=O) groups excluding carboxylic acids is 2. The highest BCUT2D eigenvalue weighted by molar-refractivity contribution is 6.07. The molecule has 3 aliphatic heterocycles. The SMILES string of the molecule is C[C@H]1[C@H](C(C)(C)F)[C@@H](CCn2cc(CCO)nn2)O[C@]12C(=O)N(Cc1ccc(N3CCOC3=O)cc1)c1ccccc12. The smallest absolute Gasteiger partial charge is 0.414 e. The molecule has 2 fully saturated rings. The third-order valence-corrected chi connectivity index (χ3v) is 8.81. The van der Waals surface area contributed by atoms with Crippen molar-refractivity contribution in [1.29, 1.82) is 0 Å². The van der Waals surface area contributed by atoms with Crippen molar-refractivity contribution >= 4 is 23.4 Å². The molecule has 3 aliphatic rings. The lowest BCUT2D eigenvalue weighted by Gasteiger charge is -2.32. The van der Waals surface area contributed by atoms with Crippen molar-refractivity contribution in [3.8, 4) is 0 Å². The second kappa shape index (κ2) is 10.8. The van der Waals surface area contributed by atoms with E-state index in [4.69, 9.17) is 9.47 Å². The summed E-state index contributed by atoms with van der Waals surface area (Å²) in [6.07, 6.45) is 1.73. The summed E-state index contributed by atoms with van der Waals surface area (Å²) in [5, 5.41) is 17.4. The van der Waals surface area contributed by atoms with Gasteiger partial charge in [-0.3, -0.25) is 14.4 Å². The number of benzene rings is 2. The van der Waals surface area contributed by atoms with E-state index >= 15 is 4.39 Å². The Morgan fingerprint density at radius 2 is 1.90 bits per heavy atom. The highest BCUT2D eigenvalue weighted by atomic mass is 19.1. The van der Waals surface area contributed by atoms with E-state index in [1.807, 2.05) is 55.5 Å². The summed E-state index contributed by atoms with van der Waals surface area (Å²) in [5.74, 6) is -1.19. The first-order chi connectivity index (χ1) is 20.1. The summed E-state index contributed by atoms with van der Waals surface area (Å²) >= 11 is 0. The Hall–Kier alpha value is -3.83. The van der Waals surface area contributed by atoms with E-state index in [1.54, 1.807) is 34.5 Å². The Balaban J connectivity index is 1.28. The van der Waals surface area contributed by atoms with Crippen molar-refractivity contribution in [2.45, 2.75) is 64.1 Å². The van der Waals surface area contributed by atoms with Crippen LogP contribution in [0.5, 0.6) is 0 Å². The molecule has 6 rings (SSSR count). The third kappa shape index (κ3) is 4.74. The van der Waals surface area contributed by atoms with E-state index in [0.717, 1.165) is 22.5 Å². The number of halogens is 1. The van der Waals surface area contributed by atoms with Crippen LogP contribution in [0, 0.1) is 11.8 Å². The number of rotatable bonds is 9. The first kappa shape index (κ1) is 28.3. The van der Waals surface area contributed by atoms with Gasteiger partial charge in [0.2, 0.25) is 0 Å². The summed E-state index contributed by atoms with van der Waals surface area (Å²) < 4.78 is 29.4. The van der Waals surface area contributed by atoms with Crippen LogP contribution < -0.4 is 9.80 Å². The highest BCUT2D eigenvalue weighted by Gasteiger charge is 2.66. The van der Waals surface area contributed by atoms with Gasteiger partial charge in [-0.1, -0.05) is 42.5 Å². The molecule has 10 nitrogen and oxygen atoms in total. The predicted octanol–water partition coefficient (Wildman–Crippen LogP) is 4.00. The predicted molar refractivity (Wildman–Crippen MR) is 153 cm³/mol. The molecule has 1 spiro atoms. The number of amides is 2. The van der Waals surface area contributed by atoms with Crippen LogP contribution in [-0.4, -0.2) is 63.6 Å². The average molecular weight is 578 g/mol. The van der Waals surface area contributed by atoms with Crippen LogP contribution >= 0.6 is 0 Å². The summed E-state index contributed by atoms with van der Waals surface area (Å²) in [6.45, 7) is 6.62. The number of fused-ring (bicyclic) bond motifs is 2. The lowest BCUT2D eigenvalue weighted by molar-refractivity contribution is -0.146. The number of aliphatic hydroxyl groups excluding tert-OH is 1. The van der Waals surface area contributed by atoms with Crippen molar-refractivity contribution in [2.75, 3.05) is 29.6 Å². The number of anilines is 2. The van der Waals surface area contributed by atoms with Crippen LogP contribution in [0.1, 0.15) is 44.0 Å². The van der Waals surface area contributed by atoms with Crippen molar-refractivity contribution in [1.82, 2.24) is 15.0 Å². The number of ether oxygens (including phenoxy) is 2. The standard InChI is InChI=1S/C31H36FN5O5/c1-20-27(30(2,3)32)26(12-14-35-19-22(13-16-38)33-34-35)42-31(20)24-6-4-5-7-25(24)37(28(31)39)18-21-8-10-23(11-9-21)36-15-17-41-29(36)40/h4-11,19-20,26-27,38H,12-18H2,1-3H3/t20-,26+,27-,31+/m0/s1. The Bertz CT molecular complexity index is 1470. The molecule has 42 heavy (non-hydrogen) atoms. The zero-order valence-electron chi connectivity index (χ0n) is 24.1. The summed E-state index contributed by atoms with van der Waals surface area (Å²) in [4.78, 5) is 29.7. The number of aryl methyl sites for hydroxylation is 1. The Kier molecular flexibility index (Phi) is 7.26. The molecular formula is C31H36FN5O5. The van der Waals surface area contributed by atoms with Gasteiger partial charge in [-0.05, 0) is 44.0 Å². The maximum Gasteiger partial charge on any atom is 0.414 e. The number of para-hydroxylation sites is 1. The number of alkyl halides is 1. The van der Waals surface area contributed by atoms with Gasteiger partial charge in [-0.25, -0.2) is 9.18 Å². The first-order valence-corrected chi connectivity index (χ1v) is 14.4. The molecule has 2 aromatic carbocycles. The molecular weight excluding hydrogens is 541 g/mol. The molecule has 2 amide bonds. The van der Waals surface area contributed by atoms with E-state index in [0.29, 0.717) is 44.8 Å². The molecule has 0 bridgehead atoms. The van der Waals surface area contributed by atoms with E-state index in [1.165, 1.54) is 0 Å². The summed E-state index contributed by atoms with van der Waals surface area (Å²) in [7, 11) is 0. The van der Waals surface area contributed by atoms with Gasteiger partial charge in [-0.2, -0.15) is 0 Å². The first-order valence-electron chi connectivity index (χ1n) is 14.4. The highest BCUT2D eigenvalue weighted by Crippen LogP contribution is 2.58. The van der Waals surface area contributed by atoms with Crippen LogP contribution in [0.2, 0.25) is 0 Å². The van der Waals surface area contributed by atoms with Crippen molar-refractivity contribution in [3.05, 3.63) is 71.5 Å². The zero-order chi connectivity index (χ0) is 29.6. The van der Waals surface area contributed by atoms with E-state index in [2.05, 4.69) is 10.3 Å². The van der Waals surface area contributed by atoms with Gasteiger partial charge in [0.25, 0.3) is 5.91 Å². The maximum atomic E-state index is 15.9. The fourth-order valence-electron chi connectivity index (χ4n) is 6.96. The number of hydrogen-bond donors (Lipinski definition) is 1. The minimum atomic E-state index is -1.60. The second-order valence-corrected chi connectivity index (χ2v) is 11.8. The monoisotopic (exact) mass is 577 g/mol. The number of aromatic nitrogens is 3. The Morgan fingerprint density at radius 3 is 2.60 bits per heavy atom. The molecule has 222 valence electrons. The van der Waals surface area contributed by atoms with E-state index in [-0.39, 0.29) is 18.6 Å². The molecule has 11 heteroatoms. The minimum Gasteiger partial charge on any atom is -0.447 e. The molecule has 3 aromatic rings. The van der Waals surface area contributed by atoms with E-state index in [9.17, 15) is 14.7 Å². The molecule has 0 unspecified atom stereocenters. The number of hydrogen-bond acceptors (Lipinski definition) is 7. The van der Waals surface area contributed by atoms with Gasteiger partial charge < -0.3 is 19.5 Å². The quantitative estimate of drug-likeness (QED) is 0.409. The summed E-state index contributed by atoms with van der Waals surface area (Å²) in [6, 6.07) is 15.1. The van der Waals surface area contributed by atoms with Gasteiger partial charge >= 0.3 is 6.09 Å². The van der Waals surface area contributed by atoms with Gasteiger partial charge in [0.1, 0.15) is 12.3 Å². The second-order valence-electron chi connectivity index (χ2n) is 11.8. The third-order valence-electron chi connectivity index (χ3n) is 8.81. The Morgan fingerprint density at radius 1 is 1.14 bits per heavy atom. The summed E-state index contributed by atoms with van der Waals surface area (Å²) in [5.41, 5.74) is 0.892. The van der Waals surface area contributed by atoms with Crippen LogP contribution in [0.3, 0.4) is 0 Å². The van der Waals surface area contributed by atoms with Crippen LogP contribution in [0.25, 0.3) is 0 Å². The molecule has 4 atom stereocenters. The molecule has 1 N–H and O–H groups in total. The Labute approximate surface area is 244 Å². The van der Waals surface area contributed by atoms with Crippen molar-refractivity contribution < 1.29 is 28.6 Å². The largest absolute Gasteiger partial charge is 0.447 e. The zero-order valence-corrected chi connectivity index (χ0v) is 24.1. The number of cyclic esters (lactones) is 1. The van der Waals surface area contributed by atoms with E-state index < -0.39 is 29.2 Å². The molecule has 0 radical (unpaired) electrons. The lowest BCUT2D eigenvalue weighted by atomic mass is 9.71. The number of nitrogens with zero attached hydrogens (tertiary/aromatic N) is 5. The van der Waals surface area contributed by atoms with Crippen LogP contribution in [-0.2, 0) is 39.4 Å². The lowest BCUT2D eigenvalue weighted by Crippen LogP contribution is -2.45. The van der Waals surface area contributed by atoms with Crippen LogP contribution in [0.15, 0.2) is 54.7 Å². The maximum absolute atomic E-state index is 15.9. The minimum absolute atomic E-state index is 0.0160. The fourth-order valence-corrected chi connectivity index (χ4v) is 6.96. The normalized spacial score (nSPS) is 25.5. The molecule has 0 aliphatic carbocycles. The van der Waals surface area contributed by atoms with Crippen LogP contribution in [0.4, 0.5) is 20.6 Å². The topological polar surface area (TPSA) is 110 Å². The number of carbonyl (C=O) groups is 2. The average Bonchev–Trinajstić information content (AvgIpc) is 3.72. The fraction of sp³-hybridized carbons (Fsp3) is 0.484. The molecule has 1 aromatic heterocycles. The van der Waals surface area contributed by atoms with Crippen molar-refractivity contribution in [2.24, 2.45) is 11.8 Å². The molecule has 4 heterocycles. The molecule has 2 saturated heterocycles. The number of aliphatic hydroxyl groups is 1. The van der Waals surface area contributed by atoms with Gasteiger partial charge in [0.15, 0.2) is 5.60 Å². The van der Waals surface area contributed by atoms with Gasteiger partial charge in [-0.15, -0.1) is 5.10 Å². The molecule has 0 saturated carbocycles. The van der Waals surface area contributed by atoms with Crippen molar-refractivity contribution in [3.63, 3.8) is 0 Å². The van der Waals surface area contributed by atoms with Gasteiger partial charge in [0, 0.05) is 48.9 Å². The van der Waals surface area contributed by atoms with Gasteiger partial charge in [0.05, 0.1) is 30.6 Å².